The average molecular weight is 592 g/mol. The molecule has 2 unspecified atom stereocenters. The van der Waals surface area contributed by atoms with Crippen LogP contribution < -0.4 is 15.4 Å². The number of hydrogen-bond acceptors (Lipinski definition) is 6. The van der Waals surface area contributed by atoms with Gasteiger partial charge in [-0.05, 0) is 93.8 Å². The summed E-state index contributed by atoms with van der Waals surface area (Å²) in [5, 5.41) is 16.6. The Morgan fingerprint density at radius 1 is 1.07 bits per heavy atom. The molecule has 3 amide bonds. The van der Waals surface area contributed by atoms with E-state index in [1.807, 2.05) is 59.7 Å². The SMILES string of the molecule is CCOc1ccc(NC(=O)[C@@H]2[C@H]3C(=O)N([C@@H](CO)CC(C)C)C(C(=O)Nc4cc(C)ccc4C)C34CC[C@@]2(CC)O4)cc1. The lowest BCUT2D eigenvalue weighted by molar-refractivity contribution is -0.148. The van der Waals surface area contributed by atoms with Gasteiger partial charge in [0.2, 0.25) is 17.7 Å². The fourth-order valence-electron chi connectivity index (χ4n) is 7.66. The van der Waals surface area contributed by atoms with Crippen LogP contribution in [0.5, 0.6) is 5.75 Å². The maximum absolute atomic E-state index is 14.5. The Balaban J connectivity index is 1.54. The number of aliphatic hydroxyl groups is 1. The van der Waals surface area contributed by atoms with E-state index in [0.717, 1.165) is 11.1 Å². The highest BCUT2D eigenvalue weighted by atomic mass is 16.5. The van der Waals surface area contributed by atoms with Gasteiger partial charge in [0.05, 0.1) is 36.7 Å². The number of fused-ring (bicyclic) bond motifs is 1. The van der Waals surface area contributed by atoms with Crippen molar-refractivity contribution >= 4 is 29.1 Å². The van der Waals surface area contributed by atoms with Crippen molar-refractivity contribution in [2.24, 2.45) is 17.8 Å². The van der Waals surface area contributed by atoms with E-state index in [1.165, 1.54) is 0 Å². The molecule has 2 bridgehead atoms. The van der Waals surface area contributed by atoms with Crippen LogP contribution in [0.25, 0.3) is 0 Å². The second-order valence-electron chi connectivity index (χ2n) is 12.8. The number of aliphatic hydroxyl groups excluding tert-OH is 1. The van der Waals surface area contributed by atoms with E-state index in [1.54, 1.807) is 29.2 Å². The standard InChI is InChI=1S/C34H45N3O6/c1-7-33-15-16-34(43-33)28(27(33)30(39)35-23-11-13-25(14-12-23)42-8-2)32(41)37(24(19-38)17-20(3)4)29(34)31(40)36-26-18-21(5)9-10-22(26)6/h9-14,18,20,24,27-29,38H,7-8,15-17,19H2,1-6H3,(H,35,39)(H,36,40)/t24-,27+,28+,29?,33-,34?/m1/s1. The van der Waals surface area contributed by atoms with E-state index in [4.69, 9.17) is 9.47 Å². The number of carbonyl (C=O) groups excluding carboxylic acids is 3. The molecule has 2 aromatic carbocycles. The number of benzene rings is 2. The molecule has 0 aliphatic carbocycles. The molecule has 3 fully saturated rings. The highest BCUT2D eigenvalue weighted by Gasteiger charge is 2.79. The van der Waals surface area contributed by atoms with Crippen molar-refractivity contribution in [2.75, 3.05) is 23.8 Å². The minimum absolute atomic E-state index is 0.170. The molecule has 9 heteroatoms. The Kier molecular flexibility index (Phi) is 8.60. The maximum atomic E-state index is 14.5. The number of aryl methyl sites for hydroxylation is 2. The van der Waals surface area contributed by atoms with E-state index < -0.39 is 35.1 Å². The van der Waals surface area contributed by atoms with Crippen LogP contribution in [0, 0.1) is 31.6 Å². The number of carbonyl (C=O) groups is 3. The van der Waals surface area contributed by atoms with Crippen LogP contribution in [-0.4, -0.2) is 64.2 Å². The molecule has 3 heterocycles. The van der Waals surface area contributed by atoms with Crippen molar-refractivity contribution in [1.29, 1.82) is 0 Å². The predicted molar refractivity (Wildman–Crippen MR) is 165 cm³/mol. The Morgan fingerprint density at radius 2 is 1.79 bits per heavy atom. The Bertz CT molecular complexity index is 1380. The number of anilines is 2. The van der Waals surface area contributed by atoms with E-state index in [9.17, 15) is 19.5 Å². The summed E-state index contributed by atoms with van der Waals surface area (Å²) in [4.78, 5) is 44.5. The molecular formula is C34H45N3O6. The minimum atomic E-state index is -1.18. The van der Waals surface area contributed by atoms with Gasteiger partial charge in [0.25, 0.3) is 0 Å². The first-order chi connectivity index (χ1) is 20.5. The third kappa shape index (κ3) is 5.31. The van der Waals surface area contributed by atoms with E-state index in [0.29, 0.717) is 49.4 Å². The van der Waals surface area contributed by atoms with Gasteiger partial charge in [-0.25, -0.2) is 0 Å². The van der Waals surface area contributed by atoms with E-state index in [-0.39, 0.29) is 30.2 Å². The van der Waals surface area contributed by atoms with Crippen molar-refractivity contribution in [3.63, 3.8) is 0 Å². The van der Waals surface area contributed by atoms with Crippen LogP contribution in [0.15, 0.2) is 42.5 Å². The second kappa shape index (κ2) is 11.9. The lowest BCUT2D eigenvalue weighted by atomic mass is 9.65. The van der Waals surface area contributed by atoms with Crippen LogP contribution in [0.3, 0.4) is 0 Å². The Morgan fingerprint density at radius 3 is 2.42 bits per heavy atom. The first kappa shape index (κ1) is 31.0. The van der Waals surface area contributed by atoms with E-state index in [2.05, 4.69) is 10.6 Å². The van der Waals surface area contributed by atoms with Gasteiger partial charge < -0.3 is 30.1 Å². The van der Waals surface area contributed by atoms with Gasteiger partial charge in [-0.2, -0.15) is 0 Å². The number of nitrogens with one attached hydrogen (secondary N) is 2. The molecule has 2 aromatic rings. The topological polar surface area (TPSA) is 117 Å². The van der Waals surface area contributed by atoms with Gasteiger partial charge in [0.15, 0.2) is 0 Å². The summed E-state index contributed by atoms with van der Waals surface area (Å²) in [5.74, 6) is -1.72. The van der Waals surface area contributed by atoms with Crippen LogP contribution in [0.1, 0.15) is 64.5 Å². The zero-order valence-electron chi connectivity index (χ0n) is 26.1. The Labute approximate surface area is 254 Å². The molecule has 3 aliphatic rings. The van der Waals surface area contributed by atoms with Gasteiger partial charge in [-0.1, -0.05) is 32.9 Å². The highest BCUT2D eigenvalue weighted by molar-refractivity contribution is 6.05. The van der Waals surface area contributed by atoms with Gasteiger partial charge in [-0.15, -0.1) is 0 Å². The summed E-state index contributed by atoms with van der Waals surface area (Å²) in [6.07, 6.45) is 2.08. The second-order valence-corrected chi connectivity index (χ2v) is 12.8. The van der Waals surface area contributed by atoms with Gasteiger partial charge in [0, 0.05) is 11.4 Å². The summed E-state index contributed by atoms with van der Waals surface area (Å²) >= 11 is 0. The van der Waals surface area contributed by atoms with E-state index >= 15 is 0 Å². The number of rotatable bonds is 11. The fourth-order valence-corrected chi connectivity index (χ4v) is 7.66. The molecule has 6 atom stereocenters. The monoisotopic (exact) mass is 591 g/mol. The lowest BCUT2D eigenvalue weighted by Gasteiger charge is -2.38. The predicted octanol–water partition coefficient (Wildman–Crippen LogP) is 4.84. The molecule has 232 valence electrons. The van der Waals surface area contributed by atoms with Gasteiger partial charge >= 0.3 is 0 Å². The van der Waals surface area contributed by atoms with Crippen molar-refractivity contribution in [3.8, 4) is 5.75 Å². The maximum Gasteiger partial charge on any atom is 0.250 e. The van der Waals surface area contributed by atoms with Crippen LogP contribution >= 0.6 is 0 Å². The summed E-state index contributed by atoms with van der Waals surface area (Å²) in [6, 6.07) is 11.4. The third-order valence-corrected chi connectivity index (χ3v) is 9.58. The molecule has 3 saturated heterocycles. The summed E-state index contributed by atoms with van der Waals surface area (Å²) in [6.45, 7) is 12.1. The molecule has 0 aromatic heterocycles. The molecule has 43 heavy (non-hydrogen) atoms. The summed E-state index contributed by atoms with van der Waals surface area (Å²) in [5.41, 5.74) is 1.12. The average Bonchev–Trinajstić information content (AvgIpc) is 3.58. The largest absolute Gasteiger partial charge is 0.494 e. The highest BCUT2D eigenvalue weighted by Crippen LogP contribution is 2.64. The van der Waals surface area contributed by atoms with Crippen molar-refractivity contribution in [3.05, 3.63) is 53.6 Å². The van der Waals surface area contributed by atoms with Crippen molar-refractivity contribution in [2.45, 2.75) is 90.5 Å². The molecule has 1 spiro atoms. The fraction of sp³-hybridized carbons (Fsp3) is 0.559. The quantitative estimate of drug-likeness (QED) is 0.344. The lowest BCUT2D eigenvalue weighted by Crippen LogP contribution is -2.56. The molecule has 9 nitrogen and oxygen atoms in total. The minimum Gasteiger partial charge on any atom is -0.494 e. The molecule has 3 aliphatic heterocycles. The smallest absolute Gasteiger partial charge is 0.250 e. The van der Waals surface area contributed by atoms with Crippen molar-refractivity contribution < 1.29 is 29.0 Å². The van der Waals surface area contributed by atoms with Crippen LogP contribution in [0.4, 0.5) is 11.4 Å². The van der Waals surface area contributed by atoms with Crippen LogP contribution in [-0.2, 0) is 19.1 Å². The summed E-state index contributed by atoms with van der Waals surface area (Å²) < 4.78 is 12.4. The number of likely N-dealkylation sites (tertiary alicyclic amines) is 1. The number of amides is 3. The molecule has 0 saturated carbocycles. The number of hydrogen-bond donors (Lipinski definition) is 3. The molecule has 5 rings (SSSR count). The zero-order chi connectivity index (χ0) is 31.1. The first-order valence-electron chi connectivity index (χ1n) is 15.5. The van der Waals surface area contributed by atoms with Crippen LogP contribution in [0.2, 0.25) is 0 Å². The zero-order valence-corrected chi connectivity index (χ0v) is 26.1. The third-order valence-electron chi connectivity index (χ3n) is 9.58. The molecular weight excluding hydrogens is 546 g/mol. The molecule has 0 radical (unpaired) electrons. The molecule has 3 N–H and O–H groups in total. The normalized spacial score (nSPS) is 28.2. The van der Waals surface area contributed by atoms with Gasteiger partial charge in [0.1, 0.15) is 17.4 Å². The first-order valence-corrected chi connectivity index (χ1v) is 15.5. The Hall–Kier alpha value is -3.43. The van der Waals surface area contributed by atoms with Gasteiger partial charge in [-0.3, -0.25) is 14.4 Å². The van der Waals surface area contributed by atoms with Crippen molar-refractivity contribution in [1.82, 2.24) is 4.90 Å². The number of nitrogens with zero attached hydrogens (tertiary/aromatic N) is 1. The summed E-state index contributed by atoms with van der Waals surface area (Å²) in [7, 11) is 0. The number of ether oxygens (including phenoxy) is 2.